The van der Waals surface area contributed by atoms with Crippen molar-refractivity contribution in [3.05, 3.63) is 68.0 Å². The number of nitrogens with zero attached hydrogens (tertiary/aromatic N) is 3. The van der Waals surface area contributed by atoms with Crippen molar-refractivity contribution in [3.63, 3.8) is 0 Å². The zero-order valence-corrected chi connectivity index (χ0v) is 19.2. The molecule has 0 aliphatic carbocycles. The predicted octanol–water partition coefficient (Wildman–Crippen LogP) is 3.70. The molecule has 2 aromatic heterocycles. The second-order valence-corrected chi connectivity index (χ2v) is 8.50. The van der Waals surface area contributed by atoms with Gasteiger partial charge < -0.3 is 9.47 Å². The van der Waals surface area contributed by atoms with Crippen molar-refractivity contribution in [2.24, 2.45) is 0 Å². The van der Waals surface area contributed by atoms with Crippen molar-refractivity contribution < 1.29 is 14.3 Å². The van der Waals surface area contributed by atoms with E-state index in [-0.39, 0.29) is 11.5 Å². The Morgan fingerprint density at radius 3 is 2.44 bits per heavy atom. The molecule has 0 radical (unpaired) electrons. The zero-order valence-electron chi connectivity index (χ0n) is 18.3. The first kappa shape index (κ1) is 21.7. The summed E-state index contributed by atoms with van der Waals surface area (Å²) in [5.74, 6) is 1.48. The first-order valence-corrected chi connectivity index (χ1v) is 11.1. The molecule has 2 aromatic carbocycles. The Balaban J connectivity index is 1.65. The van der Waals surface area contributed by atoms with Gasteiger partial charge in [0.1, 0.15) is 11.5 Å². The summed E-state index contributed by atoms with van der Waals surface area (Å²) in [6, 6.07) is 11.3. The monoisotopic (exact) mass is 449 g/mol. The van der Waals surface area contributed by atoms with Gasteiger partial charge >= 0.3 is 5.97 Å². The number of rotatable bonds is 6. The van der Waals surface area contributed by atoms with Gasteiger partial charge in [-0.2, -0.15) is 9.50 Å². The molecule has 0 atom stereocenters. The van der Waals surface area contributed by atoms with Crippen LogP contribution in [-0.2, 0) is 4.79 Å². The van der Waals surface area contributed by atoms with Gasteiger partial charge in [-0.15, -0.1) is 5.10 Å². The molecule has 0 amide bonds. The average molecular weight is 450 g/mol. The standard InChI is InChI=1S/C24H23N3O4S/c1-5-10-30-19-8-6-18(7-9-19)22-25-24-27(26-22)23(29)20(32-24)13-17-11-14(2)21(15(3)12-17)31-16(4)28/h6-9,11-13H,5,10H2,1-4H3. The lowest BCUT2D eigenvalue weighted by molar-refractivity contribution is -0.131. The molecule has 0 aliphatic rings. The Bertz CT molecular complexity index is 1380. The highest BCUT2D eigenvalue weighted by molar-refractivity contribution is 7.15. The number of carbonyl (C=O) groups excluding carboxylic acids is 1. The normalized spacial score (nSPS) is 11.8. The zero-order chi connectivity index (χ0) is 22.8. The lowest BCUT2D eigenvalue weighted by atomic mass is 10.1. The Labute approximate surface area is 188 Å². The average Bonchev–Trinajstić information content (AvgIpc) is 3.29. The van der Waals surface area contributed by atoms with Crippen LogP contribution < -0.4 is 19.6 Å². The molecule has 4 aromatic rings. The van der Waals surface area contributed by atoms with Crippen molar-refractivity contribution in [1.29, 1.82) is 0 Å². The van der Waals surface area contributed by atoms with E-state index in [1.807, 2.05) is 50.2 Å². The number of benzene rings is 2. The fraction of sp³-hybridized carbons (Fsp3) is 0.250. The second-order valence-electron chi connectivity index (χ2n) is 7.50. The summed E-state index contributed by atoms with van der Waals surface area (Å²) >= 11 is 1.29. The fourth-order valence-corrected chi connectivity index (χ4v) is 4.31. The fourth-order valence-electron chi connectivity index (χ4n) is 3.40. The number of ether oxygens (including phenoxy) is 2. The molecule has 0 fully saturated rings. The van der Waals surface area contributed by atoms with Gasteiger partial charge in [0.05, 0.1) is 11.1 Å². The van der Waals surface area contributed by atoms with Crippen molar-refractivity contribution >= 4 is 28.3 Å². The quantitative estimate of drug-likeness (QED) is 0.330. The van der Waals surface area contributed by atoms with Crippen molar-refractivity contribution in [1.82, 2.24) is 14.6 Å². The highest BCUT2D eigenvalue weighted by atomic mass is 32.1. The van der Waals surface area contributed by atoms with Crippen LogP contribution in [-0.4, -0.2) is 27.2 Å². The van der Waals surface area contributed by atoms with Gasteiger partial charge in [0.2, 0.25) is 4.96 Å². The Morgan fingerprint density at radius 2 is 1.84 bits per heavy atom. The van der Waals surface area contributed by atoms with Gasteiger partial charge in [0.25, 0.3) is 5.56 Å². The summed E-state index contributed by atoms with van der Waals surface area (Å²) in [5.41, 5.74) is 3.10. The highest BCUT2D eigenvalue weighted by Gasteiger charge is 2.13. The summed E-state index contributed by atoms with van der Waals surface area (Å²) in [5, 5.41) is 4.40. The largest absolute Gasteiger partial charge is 0.494 e. The van der Waals surface area contributed by atoms with Crippen LogP contribution in [0, 0.1) is 13.8 Å². The molecule has 0 unspecified atom stereocenters. The lowest BCUT2D eigenvalue weighted by Crippen LogP contribution is -2.23. The third-order valence-electron chi connectivity index (χ3n) is 4.79. The Hall–Kier alpha value is -3.52. The number of thiazole rings is 1. The van der Waals surface area contributed by atoms with E-state index in [4.69, 9.17) is 9.47 Å². The molecule has 0 bridgehead atoms. The van der Waals surface area contributed by atoms with Crippen molar-refractivity contribution in [2.45, 2.75) is 34.1 Å². The van der Waals surface area contributed by atoms with E-state index in [0.717, 1.165) is 34.4 Å². The number of hydrogen-bond donors (Lipinski definition) is 0. The summed E-state index contributed by atoms with van der Waals surface area (Å²) in [6.45, 7) is 7.84. The van der Waals surface area contributed by atoms with E-state index in [1.165, 1.54) is 22.8 Å². The molecule has 0 N–H and O–H groups in total. The molecule has 4 rings (SSSR count). The minimum absolute atomic E-state index is 0.217. The maximum Gasteiger partial charge on any atom is 0.308 e. The van der Waals surface area contributed by atoms with E-state index < -0.39 is 0 Å². The third kappa shape index (κ3) is 4.40. The molecular weight excluding hydrogens is 426 g/mol. The number of esters is 1. The molecule has 32 heavy (non-hydrogen) atoms. The topological polar surface area (TPSA) is 82.8 Å². The van der Waals surface area contributed by atoms with E-state index >= 15 is 0 Å². The van der Waals surface area contributed by atoms with Crippen molar-refractivity contribution in [2.75, 3.05) is 6.61 Å². The number of hydrogen-bond acceptors (Lipinski definition) is 7. The highest BCUT2D eigenvalue weighted by Crippen LogP contribution is 2.25. The van der Waals surface area contributed by atoms with Crippen LogP contribution in [0.3, 0.4) is 0 Å². The predicted molar refractivity (Wildman–Crippen MR) is 124 cm³/mol. The van der Waals surface area contributed by atoms with E-state index in [9.17, 15) is 9.59 Å². The summed E-state index contributed by atoms with van der Waals surface area (Å²) in [6.07, 6.45) is 2.75. The van der Waals surface area contributed by atoms with Crippen LogP contribution in [0.2, 0.25) is 0 Å². The van der Waals surface area contributed by atoms with Gasteiger partial charge in [-0.05, 0) is 79.4 Å². The molecular formula is C24H23N3O4S. The summed E-state index contributed by atoms with van der Waals surface area (Å²) in [4.78, 5) is 29.3. The van der Waals surface area contributed by atoms with E-state index in [2.05, 4.69) is 17.0 Å². The smallest absolute Gasteiger partial charge is 0.308 e. The third-order valence-corrected chi connectivity index (χ3v) is 5.75. The maximum absolute atomic E-state index is 12.9. The molecule has 7 nitrogen and oxygen atoms in total. The second kappa shape index (κ2) is 8.92. The van der Waals surface area contributed by atoms with Crippen LogP contribution in [0.25, 0.3) is 22.4 Å². The number of aromatic nitrogens is 3. The molecule has 0 aliphatic heterocycles. The van der Waals surface area contributed by atoms with Crippen LogP contribution >= 0.6 is 11.3 Å². The van der Waals surface area contributed by atoms with E-state index in [1.54, 1.807) is 6.08 Å². The van der Waals surface area contributed by atoms with E-state index in [0.29, 0.717) is 27.7 Å². The van der Waals surface area contributed by atoms with Crippen LogP contribution in [0.5, 0.6) is 11.5 Å². The Kier molecular flexibility index (Phi) is 6.05. The molecule has 2 heterocycles. The SMILES string of the molecule is CCCOc1ccc(-c2nc3sc(=Cc4cc(C)c(OC(C)=O)c(C)c4)c(=O)n3n2)cc1. The number of fused-ring (bicyclic) bond motifs is 1. The maximum atomic E-state index is 12.9. The van der Waals surface area contributed by atoms with Gasteiger partial charge in [0.15, 0.2) is 5.82 Å². The lowest BCUT2D eigenvalue weighted by Gasteiger charge is -2.10. The van der Waals surface area contributed by atoms with Crippen LogP contribution in [0.1, 0.15) is 37.0 Å². The Morgan fingerprint density at radius 1 is 1.16 bits per heavy atom. The molecule has 0 saturated heterocycles. The first-order valence-electron chi connectivity index (χ1n) is 10.3. The van der Waals surface area contributed by atoms with Crippen LogP contribution in [0.4, 0.5) is 0 Å². The molecule has 164 valence electrons. The summed E-state index contributed by atoms with van der Waals surface area (Å²) in [7, 11) is 0. The van der Waals surface area contributed by atoms with Gasteiger partial charge in [-0.1, -0.05) is 18.3 Å². The minimum Gasteiger partial charge on any atom is -0.494 e. The van der Waals surface area contributed by atoms with Gasteiger partial charge in [-0.25, -0.2) is 0 Å². The van der Waals surface area contributed by atoms with Crippen LogP contribution in [0.15, 0.2) is 41.2 Å². The molecule has 0 spiro atoms. The molecule has 0 saturated carbocycles. The first-order chi connectivity index (χ1) is 15.4. The minimum atomic E-state index is -0.362. The van der Waals surface area contributed by atoms with Gasteiger partial charge in [0, 0.05) is 12.5 Å². The van der Waals surface area contributed by atoms with Gasteiger partial charge in [-0.3, -0.25) is 9.59 Å². The van der Waals surface area contributed by atoms with Crippen molar-refractivity contribution in [3.8, 4) is 22.9 Å². The summed E-state index contributed by atoms with van der Waals surface area (Å²) < 4.78 is 12.7. The number of carbonyl (C=O) groups is 1. The number of aryl methyl sites for hydroxylation is 2. The molecule has 8 heteroatoms.